The number of anilines is 1. The third kappa shape index (κ3) is 4.71. The fourth-order valence-electron chi connectivity index (χ4n) is 1.28. The van der Waals surface area contributed by atoms with Gasteiger partial charge < -0.3 is 15.4 Å². The van der Waals surface area contributed by atoms with E-state index in [1.54, 1.807) is 19.5 Å². The Kier molecular flexibility index (Phi) is 5.00. The summed E-state index contributed by atoms with van der Waals surface area (Å²) in [5.41, 5.74) is 6.39. The minimum atomic E-state index is 0.459. The predicted octanol–water partition coefficient (Wildman–Crippen LogP) is 0.527. The van der Waals surface area contributed by atoms with Gasteiger partial charge in [-0.25, -0.2) is 4.98 Å². The van der Waals surface area contributed by atoms with Crippen LogP contribution in [-0.2, 0) is 11.3 Å². The number of nitrogen functional groups attached to an aromatic ring is 1. The highest BCUT2D eigenvalue weighted by molar-refractivity contribution is 5.22. The van der Waals surface area contributed by atoms with Crippen LogP contribution in [-0.4, -0.2) is 42.2 Å². The van der Waals surface area contributed by atoms with Crippen LogP contribution in [0.3, 0.4) is 0 Å². The topological polar surface area (TPSA) is 64.3 Å². The van der Waals surface area contributed by atoms with Crippen molar-refractivity contribution < 1.29 is 4.74 Å². The molecule has 0 aliphatic carbocycles. The summed E-state index contributed by atoms with van der Waals surface area (Å²) >= 11 is 0. The van der Waals surface area contributed by atoms with Crippen molar-refractivity contribution in [1.29, 1.82) is 0 Å². The van der Waals surface area contributed by atoms with Crippen molar-refractivity contribution in [3.8, 4) is 0 Å². The van der Waals surface area contributed by atoms with Crippen LogP contribution in [0.5, 0.6) is 0 Å². The fraction of sp³-hybridized carbons (Fsp3) is 0.600. The van der Waals surface area contributed by atoms with Gasteiger partial charge in [0.2, 0.25) is 0 Å². The van der Waals surface area contributed by atoms with E-state index in [0.29, 0.717) is 5.82 Å². The van der Waals surface area contributed by atoms with Crippen molar-refractivity contribution in [2.75, 3.05) is 33.0 Å². The van der Waals surface area contributed by atoms with Crippen molar-refractivity contribution in [3.05, 3.63) is 18.1 Å². The van der Waals surface area contributed by atoms with Gasteiger partial charge in [0, 0.05) is 26.8 Å². The maximum atomic E-state index is 5.45. The lowest BCUT2D eigenvalue weighted by molar-refractivity contribution is 0.177. The summed E-state index contributed by atoms with van der Waals surface area (Å²) in [5.74, 6) is 0.459. The molecule has 0 aliphatic rings. The van der Waals surface area contributed by atoms with Crippen LogP contribution >= 0.6 is 0 Å². The van der Waals surface area contributed by atoms with Crippen molar-refractivity contribution in [3.63, 3.8) is 0 Å². The quantitative estimate of drug-likeness (QED) is 0.694. The number of hydrogen-bond donors (Lipinski definition) is 1. The Morgan fingerprint density at radius 1 is 1.40 bits per heavy atom. The van der Waals surface area contributed by atoms with E-state index in [2.05, 4.69) is 14.9 Å². The molecule has 0 amide bonds. The lowest BCUT2D eigenvalue weighted by Crippen LogP contribution is -2.21. The van der Waals surface area contributed by atoms with Crippen LogP contribution in [0.2, 0.25) is 0 Å². The lowest BCUT2D eigenvalue weighted by atomic mass is 10.3. The van der Waals surface area contributed by atoms with Gasteiger partial charge in [0.1, 0.15) is 5.82 Å². The van der Waals surface area contributed by atoms with Gasteiger partial charge in [0.05, 0.1) is 18.1 Å². The summed E-state index contributed by atoms with van der Waals surface area (Å²) in [4.78, 5) is 10.4. The molecule has 1 aromatic rings. The second kappa shape index (κ2) is 6.31. The number of methoxy groups -OCH3 is 1. The van der Waals surface area contributed by atoms with Crippen molar-refractivity contribution in [1.82, 2.24) is 14.9 Å². The summed E-state index contributed by atoms with van der Waals surface area (Å²) in [6.45, 7) is 2.56. The first-order valence-electron chi connectivity index (χ1n) is 4.96. The summed E-state index contributed by atoms with van der Waals surface area (Å²) in [6.07, 6.45) is 4.32. The molecule has 0 atom stereocenters. The fourth-order valence-corrected chi connectivity index (χ4v) is 1.28. The molecule has 84 valence electrons. The van der Waals surface area contributed by atoms with E-state index in [1.807, 2.05) is 7.05 Å². The highest BCUT2D eigenvalue weighted by Gasteiger charge is 2.01. The number of nitrogens with zero attached hydrogens (tertiary/aromatic N) is 3. The summed E-state index contributed by atoms with van der Waals surface area (Å²) in [5, 5.41) is 0. The molecule has 0 saturated carbocycles. The molecule has 2 N–H and O–H groups in total. The molecule has 0 fully saturated rings. The normalized spacial score (nSPS) is 10.9. The van der Waals surface area contributed by atoms with E-state index >= 15 is 0 Å². The van der Waals surface area contributed by atoms with Crippen LogP contribution in [0.1, 0.15) is 12.1 Å². The van der Waals surface area contributed by atoms with Crippen molar-refractivity contribution in [2.24, 2.45) is 0 Å². The number of rotatable bonds is 6. The first kappa shape index (κ1) is 11.9. The molecule has 1 heterocycles. The largest absolute Gasteiger partial charge is 0.385 e. The highest BCUT2D eigenvalue weighted by Crippen LogP contribution is 2.00. The Labute approximate surface area is 90.3 Å². The maximum Gasteiger partial charge on any atom is 0.141 e. The molecule has 0 saturated heterocycles. The predicted molar refractivity (Wildman–Crippen MR) is 59.3 cm³/mol. The molecule has 0 spiro atoms. The van der Waals surface area contributed by atoms with Crippen LogP contribution in [0.4, 0.5) is 5.82 Å². The zero-order valence-electron chi connectivity index (χ0n) is 9.31. The molecule has 0 radical (unpaired) electrons. The van der Waals surface area contributed by atoms with Gasteiger partial charge in [-0.3, -0.25) is 4.98 Å². The summed E-state index contributed by atoms with van der Waals surface area (Å²) in [6, 6.07) is 0. The monoisotopic (exact) mass is 210 g/mol. The minimum Gasteiger partial charge on any atom is -0.385 e. The molecule has 1 aromatic heterocycles. The molecule has 0 unspecified atom stereocenters. The molecular weight excluding hydrogens is 192 g/mol. The Bertz CT molecular complexity index is 275. The second-order valence-corrected chi connectivity index (χ2v) is 3.52. The second-order valence-electron chi connectivity index (χ2n) is 3.52. The van der Waals surface area contributed by atoms with Crippen molar-refractivity contribution >= 4 is 5.82 Å². The summed E-state index contributed by atoms with van der Waals surface area (Å²) in [7, 11) is 3.76. The third-order valence-electron chi connectivity index (χ3n) is 2.05. The van der Waals surface area contributed by atoms with Crippen LogP contribution < -0.4 is 5.73 Å². The number of aromatic nitrogens is 2. The van der Waals surface area contributed by atoms with Gasteiger partial charge in [-0.2, -0.15) is 0 Å². The molecule has 1 rings (SSSR count). The van der Waals surface area contributed by atoms with E-state index in [1.165, 1.54) is 0 Å². The van der Waals surface area contributed by atoms with Gasteiger partial charge in [-0.05, 0) is 13.5 Å². The molecule has 5 heteroatoms. The molecule has 15 heavy (non-hydrogen) atoms. The van der Waals surface area contributed by atoms with Crippen molar-refractivity contribution in [2.45, 2.75) is 13.0 Å². The molecule has 0 aliphatic heterocycles. The van der Waals surface area contributed by atoms with Crippen LogP contribution in [0.25, 0.3) is 0 Å². The smallest absolute Gasteiger partial charge is 0.141 e. The molecule has 0 aromatic carbocycles. The van der Waals surface area contributed by atoms with E-state index < -0.39 is 0 Å². The number of ether oxygens (including phenoxy) is 1. The van der Waals surface area contributed by atoms with Crippen LogP contribution in [0, 0.1) is 0 Å². The van der Waals surface area contributed by atoms with Gasteiger partial charge >= 0.3 is 0 Å². The van der Waals surface area contributed by atoms with E-state index in [-0.39, 0.29) is 0 Å². The van der Waals surface area contributed by atoms with E-state index in [9.17, 15) is 0 Å². The zero-order chi connectivity index (χ0) is 11.1. The summed E-state index contributed by atoms with van der Waals surface area (Å²) < 4.78 is 4.99. The highest BCUT2D eigenvalue weighted by atomic mass is 16.5. The van der Waals surface area contributed by atoms with E-state index in [0.717, 1.165) is 31.8 Å². The van der Waals surface area contributed by atoms with Gasteiger partial charge in [0.25, 0.3) is 0 Å². The average Bonchev–Trinajstić information content (AvgIpc) is 2.22. The third-order valence-corrected chi connectivity index (χ3v) is 2.05. The average molecular weight is 210 g/mol. The Hall–Kier alpha value is -1.20. The Balaban J connectivity index is 2.31. The first-order valence-corrected chi connectivity index (χ1v) is 4.96. The van der Waals surface area contributed by atoms with Gasteiger partial charge in [0.15, 0.2) is 0 Å². The molecular formula is C10H18N4O. The maximum absolute atomic E-state index is 5.45. The van der Waals surface area contributed by atoms with E-state index in [4.69, 9.17) is 10.5 Å². The first-order chi connectivity index (χ1) is 7.22. The van der Waals surface area contributed by atoms with Crippen LogP contribution in [0.15, 0.2) is 12.4 Å². The van der Waals surface area contributed by atoms with Gasteiger partial charge in [-0.15, -0.1) is 0 Å². The number of nitrogens with two attached hydrogens (primary N) is 1. The number of hydrogen-bond acceptors (Lipinski definition) is 5. The molecule has 5 nitrogen and oxygen atoms in total. The lowest BCUT2D eigenvalue weighted by Gasteiger charge is -2.15. The SMILES string of the molecule is COCCCN(C)Cc1cnc(N)cn1. The Morgan fingerprint density at radius 3 is 2.80 bits per heavy atom. The minimum absolute atomic E-state index is 0.459. The zero-order valence-corrected chi connectivity index (χ0v) is 9.31. The van der Waals surface area contributed by atoms with Gasteiger partial charge in [-0.1, -0.05) is 0 Å². The standard InChI is InChI=1S/C10H18N4O/c1-14(4-3-5-15-2)8-9-6-13-10(11)7-12-9/h6-7H,3-5,8H2,1-2H3,(H2,11,13). The molecule has 0 bridgehead atoms. The Morgan fingerprint density at radius 2 is 2.20 bits per heavy atom.